The molecule has 20 heavy (non-hydrogen) atoms. The van der Waals surface area contributed by atoms with Crippen LogP contribution in [0.5, 0.6) is 0 Å². The van der Waals surface area contributed by atoms with Gasteiger partial charge in [-0.25, -0.2) is 0 Å². The lowest BCUT2D eigenvalue weighted by atomic mass is 9.95. The van der Waals surface area contributed by atoms with Crippen LogP contribution in [0.15, 0.2) is 53.0 Å². The average molecular weight is 332 g/mol. The predicted molar refractivity (Wildman–Crippen MR) is 89.8 cm³/mol. The molecule has 0 spiro atoms. The van der Waals surface area contributed by atoms with Gasteiger partial charge in [0.1, 0.15) is 0 Å². The Labute approximate surface area is 130 Å². The highest BCUT2D eigenvalue weighted by Crippen LogP contribution is 2.20. The second-order valence-corrected chi connectivity index (χ2v) is 6.70. The second-order valence-electron chi connectivity index (χ2n) is 5.78. The highest BCUT2D eigenvalue weighted by molar-refractivity contribution is 9.10. The van der Waals surface area contributed by atoms with E-state index in [2.05, 4.69) is 72.2 Å². The van der Waals surface area contributed by atoms with E-state index in [0.29, 0.717) is 5.92 Å². The minimum atomic E-state index is 0.0522. The van der Waals surface area contributed by atoms with Crippen molar-refractivity contribution in [3.63, 3.8) is 0 Å². The van der Waals surface area contributed by atoms with Crippen molar-refractivity contribution >= 4 is 15.9 Å². The van der Waals surface area contributed by atoms with E-state index in [4.69, 9.17) is 5.73 Å². The van der Waals surface area contributed by atoms with Crippen molar-refractivity contribution in [2.24, 2.45) is 11.7 Å². The first-order chi connectivity index (χ1) is 9.54. The fourth-order valence-corrected chi connectivity index (χ4v) is 2.90. The summed E-state index contributed by atoms with van der Waals surface area (Å²) in [6.07, 6.45) is 1.97. The van der Waals surface area contributed by atoms with Gasteiger partial charge in [0.2, 0.25) is 0 Å². The van der Waals surface area contributed by atoms with E-state index in [9.17, 15) is 0 Å². The van der Waals surface area contributed by atoms with Crippen LogP contribution in [-0.2, 0) is 12.8 Å². The Hall–Kier alpha value is -1.12. The molecule has 1 unspecified atom stereocenters. The smallest absolute Gasteiger partial charge is 0.0335 e. The van der Waals surface area contributed by atoms with Gasteiger partial charge in [-0.15, -0.1) is 0 Å². The first-order valence-electron chi connectivity index (χ1n) is 7.13. The van der Waals surface area contributed by atoms with E-state index >= 15 is 0 Å². The highest BCUT2D eigenvalue weighted by Gasteiger charge is 2.08. The quantitative estimate of drug-likeness (QED) is 0.829. The molecule has 1 nitrogen and oxygen atoms in total. The molecule has 1 atom stereocenters. The number of benzene rings is 2. The number of hydrogen-bond acceptors (Lipinski definition) is 1. The van der Waals surface area contributed by atoms with Crippen molar-refractivity contribution in [2.45, 2.75) is 32.7 Å². The van der Waals surface area contributed by atoms with Crippen molar-refractivity contribution in [1.82, 2.24) is 0 Å². The van der Waals surface area contributed by atoms with E-state index in [-0.39, 0.29) is 6.04 Å². The van der Waals surface area contributed by atoms with Gasteiger partial charge in [-0.2, -0.15) is 0 Å². The molecule has 0 amide bonds. The summed E-state index contributed by atoms with van der Waals surface area (Å²) < 4.78 is 1.11. The zero-order valence-electron chi connectivity index (χ0n) is 12.1. The third-order valence-corrected chi connectivity index (χ3v) is 3.86. The summed E-state index contributed by atoms with van der Waals surface area (Å²) in [6, 6.07) is 17.1. The van der Waals surface area contributed by atoms with E-state index < -0.39 is 0 Å². The Morgan fingerprint density at radius 2 is 1.60 bits per heavy atom. The van der Waals surface area contributed by atoms with Crippen molar-refractivity contribution in [3.8, 4) is 0 Å². The molecule has 2 heteroatoms. The van der Waals surface area contributed by atoms with Gasteiger partial charge in [0.05, 0.1) is 0 Å². The van der Waals surface area contributed by atoms with Gasteiger partial charge in [-0.1, -0.05) is 66.2 Å². The van der Waals surface area contributed by atoms with E-state index in [1.165, 1.54) is 16.7 Å². The molecule has 0 radical (unpaired) electrons. The SMILES string of the molecule is CC(C)Cc1cccc(C(N)Cc2cccc(Br)c2)c1. The fraction of sp³-hybridized carbons (Fsp3) is 0.333. The zero-order chi connectivity index (χ0) is 14.5. The molecule has 0 bridgehead atoms. The van der Waals surface area contributed by atoms with Gasteiger partial charge in [-0.3, -0.25) is 0 Å². The van der Waals surface area contributed by atoms with Gasteiger partial charge in [0, 0.05) is 10.5 Å². The molecule has 2 N–H and O–H groups in total. The normalized spacial score (nSPS) is 12.7. The zero-order valence-corrected chi connectivity index (χ0v) is 13.7. The van der Waals surface area contributed by atoms with Crippen LogP contribution in [0.3, 0.4) is 0 Å². The summed E-state index contributed by atoms with van der Waals surface area (Å²) in [7, 11) is 0. The summed E-state index contributed by atoms with van der Waals surface area (Å²) >= 11 is 3.51. The highest BCUT2D eigenvalue weighted by atomic mass is 79.9. The third kappa shape index (κ3) is 4.46. The van der Waals surface area contributed by atoms with Crippen molar-refractivity contribution < 1.29 is 0 Å². The predicted octanol–water partition coefficient (Wildman–Crippen LogP) is 4.89. The van der Waals surface area contributed by atoms with Crippen LogP contribution in [0.2, 0.25) is 0 Å². The summed E-state index contributed by atoms with van der Waals surface area (Å²) in [5, 5.41) is 0. The Kier molecular flexibility index (Phi) is 5.38. The maximum Gasteiger partial charge on any atom is 0.0335 e. The molecule has 0 aromatic heterocycles. The molecule has 2 aromatic rings. The molecule has 106 valence electrons. The van der Waals surface area contributed by atoms with Gasteiger partial charge in [0.25, 0.3) is 0 Å². The van der Waals surface area contributed by atoms with Crippen LogP contribution in [0.1, 0.15) is 36.6 Å². The number of rotatable bonds is 5. The molecule has 0 fully saturated rings. The number of hydrogen-bond donors (Lipinski definition) is 1. The number of halogens is 1. The Balaban J connectivity index is 2.10. The maximum absolute atomic E-state index is 6.36. The lowest BCUT2D eigenvalue weighted by molar-refractivity contribution is 0.644. The van der Waals surface area contributed by atoms with Crippen LogP contribution in [-0.4, -0.2) is 0 Å². The summed E-state index contributed by atoms with van der Waals surface area (Å²) in [5.74, 6) is 0.673. The Bertz CT molecular complexity index is 563. The largest absolute Gasteiger partial charge is 0.324 e. The summed E-state index contributed by atoms with van der Waals surface area (Å²) in [4.78, 5) is 0. The molecule has 2 aromatic carbocycles. The van der Waals surface area contributed by atoms with E-state index in [1.54, 1.807) is 0 Å². The fourth-order valence-electron chi connectivity index (χ4n) is 2.46. The molecule has 0 saturated carbocycles. The van der Waals surface area contributed by atoms with Crippen molar-refractivity contribution in [3.05, 3.63) is 69.7 Å². The topological polar surface area (TPSA) is 26.0 Å². The molecular weight excluding hydrogens is 310 g/mol. The molecule has 0 aliphatic carbocycles. The third-order valence-electron chi connectivity index (χ3n) is 3.37. The lowest BCUT2D eigenvalue weighted by Crippen LogP contribution is -2.13. The standard InChI is InChI=1S/C18H22BrN/c1-13(2)9-14-5-3-7-16(10-14)18(20)12-15-6-4-8-17(19)11-15/h3-8,10-11,13,18H,9,12,20H2,1-2H3. The van der Waals surface area contributed by atoms with Gasteiger partial charge >= 0.3 is 0 Å². The summed E-state index contributed by atoms with van der Waals surface area (Å²) in [5.41, 5.74) is 10.2. The minimum Gasteiger partial charge on any atom is -0.324 e. The molecule has 0 aliphatic rings. The maximum atomic E-state index is 6.36. The van der Waals surface area contributed by atoms with Crippen LogP contribution >= 0.6 is 15.9 Å². The van der Waals surface area contributed by atoms with Gasteiger partial charge < -0.3 is 5.73 Å². The van der Waals surface area contributed by atoms with Crippen LogP contribution < -0.4 is 5.73 Å². The average Bonchev–Trinajstić information content (AvgIpc) is 2.38. The molecule has 0 heterocycles. The van der Waals surface area contributed by atoms with Crippen LogP contribution in [0, 0.1) is 5.92 Å². The monoisotopic (exact) mass is 331 g/mol. The molecule has 2 rings (SSSR count). The summed E-state index contributed by atoms with van der Waals surface area (Å²) in [6.45, 7) is 4.49. The van der Waals surface area contributed by atoms with Crippen molar-refractivity contribution in [1.29, 1.82) is 0 Å². The van der Waals surface area contributed by atoms with E-state index in [1.807, 2.05) is 6.07 Å². The van der Waals surface area contributed by atoms with Crippen LogP contribution in [0.4, 0.5) is 0 Å². The van der Waals surface area contributed by atoms with Crippen LogP contribution in [0.25, 0.3) is 0 Å². The van der Waals surface area contributed by atoms with Gasteiger partial charge in [0.15, 0.2) is 0 Å². The van der Waals surface area contributed by atoms with Gasteiger partial charge in [-0.05, 0) is 47.6 Å². The Morgan fingerprint density at radius 1 is 0.950 bits per heavy atom. The second kappa shape index (κ2) is 7.05. The number of nitrogens with two attached hydrogens (primary N) is 1. The first-order valence-corrected chi connectivity index (χ1v) is 7.93. The van der Waals surface area contributed by atoms with E-state index in [0.717, 1.165) is 17.3 Å². The molecule has 0 saturated heterocycles. The van der Waals surface area contributed by atoms with Crippen molar-refractivity contribution in [2.75, 3.05) is 0 Å². The molecule has 0 aliphatic heterocycles. The lowest BCUT2D eigenvalue weighted by Gasteiger charge is -2.14. The minimum absolute atomic E-state index is 0.0522. The first kappa shape index (κ1) is 15.3. The molecular formula is C18H22BrN. The Morgan fingerprint density at radius 3 is 2.25 bits per heavy atom.